The molecule has 0 bridgehead atoms. The van der Waals surface area contributed by atoms with E-state index in [2.05, 4.69) is 39.7 Å². The van der Waals surface area contributed by atoms with Crippen molar-refractivity contribution >= 4 is 29.9 Å². The maximum atomic E-state index is 14.5. The summed E-state index contributed by atoms with van der Waals surface area (Å²) in [5.41, 5.74) is 3.78. The molecule has 0 unspecified atom stereocenters. The van der Waals surface area contributed by atoms with Crippen LogP contribution in [0.5, 0.6) is 0 Å². The van der Waals surface area contributed by atoms with Crippen LogP contribution in [0.3, 0.4) is 0 Å². The van der Waals surface area contributed by atoms with E-state index in [9.17, 15) is 4.39 Å². The number of aromatic nitrogens is 2. The Morgan fingerprint density at radius 3 is 2.50 bits per heavy atom. The number of hydrogen-bond acceptors (Lipinski definition) is 2. The van der Waals surface area contributed by atoms with Crippen molar-refractivity contribution in [3.63, 3.8) is 0 Å². The van der Waals surface area contributed by atoms with Gasteiger partial charge in [-0.05, 0) is 42.7 Å². The number of rotatable bonds is 5. The van der Waals surface area contributed by atoms with E-state index < -0.39 is 0 Å². The summed E-state index contributed by atoms with van der Waals surface area (Å²) in [6, 6.07) is 13.4. The number of guanidine groups is 1. The molecule has 0 aliphatic heterocycles. The van der Waals surface area contributed by atoms with Gasteiger partial charge in [0.2, 0.25) is 0 Å². The van der Waals surface area contributed by atoms with Gasteiger partial charge in [0, 0.05) is 32.5 Å². The van der Waals surface area contributed by atoms with Crippen molar-refractivity contribution in [3.05, 3.63) is 83.2 Å². The SMILES string of the molecule is CN=C(NCc1ccc(-n2ccnc2C)c(F)c1)NCc1ccccc1C.I. The fraction of sp³-hybridized carbons (Fsp3) is 0.238. The highest BCUT2D eigenvalue weighted by Gasteiger charge is 2.08. The molecular weight excluding hydrogens is 468 g/mol. The van der Waals surface area contributed by atoms with Gasteiger partial charge in [-0.2, -0.15) is 0 Å². The van der Waals surface area contributed by atoms with Crippen molar-refractivity contribution < 1.29 is 4.39 Å². The molecule has 0 radical (unpaired) electrons. The van der Waals surface area contributed by atoms with Crippen molar-refractivity contribution in [2.45, 2.75) is 26.9 Å². The van der Waals surface area contributed by atoms with Gasteiger partial charge in [0.1, 0.15) is 11.6 Å². The van der Waals surface area contributed by atoms with Gasteiger partial charge in [0.05, 0.1) is 5.69 Å². The predicted octanol–water partition coefficient (Wildman–Crippen LogP) is 4.11. The molecule has 1 aromatic heterocycles. The summed E-state index contributed by atoms with van der Waals surface area (Å²) >= 11 is 0. The van der Waals surface area contributed by atoms with E-state index in [1.54, 1.807) is 30.1 Å². The molecule has 3 rings (SSSR count). The standard InChI is InChI=1S/C21H24FN5.HI/c1-15-6-4-5-7-18(15)14-26-21(23-3)25-13-17-8-9-20(19(22)12-17)27-11-10-24-16(27)2;/h4-12H,13-14H2,1-3H3,(H2,23,25,26);1H. The van der Waals surface area contributed by atoms with E-state index in [1.165, 1.54) is 17.2 Å². The van der Waals surface area contributed by atoms with Crippen molar-refractivity contribution in [2.24, 2.45) is 4.99 Å². The number of hydrogen-bond donors (Lipinski definition) is 2. The lowest BCUT2D eigenvalue weighted by molar-refractivity contribution is 0.613. The molecule has 0 saturated heterocycles. The number of aryl methyl sites for hydroxylation is 2. The molecule has 0 aliphatic carbocycles. The lowest BCUT2D eigenvalue weighted by Crippen LogP contribution is -2.36. The molecule has 1 heterocycles. The highest BCUT2D eigenvalue weighted by Crippen LogP contribution is 2.16. The van der Waals surface area contributed by atoms with Gasteiger partial charge in [-0.25, -0.2) is 9.37 Å². The quantitative estimate of drug-likeness (QED) is 0.320. The van der Waals surface area contributed by atoms with E-state index >= 15 is 0 Å². The van der Waals surface area contributed by atoms with Gasteiger partial charge < -0.3 is 15.2 Å². The third-order valence-electron chi connectivity index (χ3n) is 4.49. The molecule has 5 nitrogen and oxygen atoms in total. The Morgan fingerprint density at radius 1 is 1.11 bits per heavy atom. The number of imidazole rings is 1. The first-order chi connectivity index (χ1) is 13.1. The van der Waals surface area contributed by atoms with Crippen LogP contribution < -0.4 is 10.6 Å². The lowest BCUT2D eigenvalue weighted by atomic mass is 10.1. The molecule has 7 heteroatoms. The van der Waals surface area contributed by atoms with Crippen LogP contribution in [-0.4, -0.2) is 22.6 Å². The second-order valence-electron chi connectivity index (χ2n) is 6.34. The monoisotopic (exact) mass is 493 g/mol. The third-order valence-corrected chi connectivity index (χ3v) is 4.49. The van der Waals surface area contributed by atoms with Crippen LogP contribution >= 0.6 is 24.0 Å². The Labute approximate surface area is 182 Å². The number of halogens is 2. The second kappa shape index (κ2) is 10.2. The predicted molar refractivity (Wildman–Crippen MR) is 122 cm³/mol. The second-order valence-corrected chi connectivity index (χ2v) is 6.34. The third kappa shape index (κ3) is 5.31. The fourth-order valence-corrected chi connectivity index (χ4v) is 2.88. The summed E-state index contributed by atoms with van der Waals surface area (Å²) < 4.78 is 16.2. The summed E-state index contributed by atoms with van der Waals surface area (Å²) in [5, 5.41) is 6.51. The smallest absolute Gasteiger partial charge is 0.191 e. The molecular formula is C21H25FIN5. The van der Waals surface area contributed by atoms with Gasteiger partial charge >= 0.3 is 0 Å². The topological polar surface area (TPSA) is 54.2 Å². The molecule has 0 saturated carbocycles. The highest BCUT2D eigenvalue weighted by atomic mass is 127. The van der Waals surface area contributed by atoms with Crippen molar-refractivity contribution in [1.82, 2.24) is 20.2 Å². The number of nitrogens with one attached hydrogen (secondary N) is 2. The molecule has 0 spiro atoms. The first-order valence-electron chi connectivity index (χ1n) is 8.86. The molecule has 2 aromatic carbocycles. The highest BCUT2D eigenvalue weighted by molar-refractivity contribution is 14.0. The van der Waals surface area contributed by atoms with E-state index in [0.29, 0.717) is 24.7 Å². The van der Waals surface area contributed by atoms with Crippen LogP contribution in [0.4, 0.5) is 4.39 Å². The van der Waals surface area contributed by atoms with E-state index in [4.69, 9.17) is 0 Å². The summed E-state index contributed by atoms with van der Waals surface area (Å²) in [6.45, 7) is 5.09. The average Bonchev–Trinajstić information content (AvgIpc) is 3.09. The molecule has 3 aromatic rings. The number of nitrogens with zero attached hydrogens (tertiary/aromatic N) is 3. The molecule has 148 valence electrons. The molecule has 0 aliphatic rings. The zero-order valence-corrected chi connectivity index (χ0v) is 18.6. The van der Waals surface area contributed by atoms with E-state index in [1.807, 2.05) is 25.1 Å². The van der Waals surface area contributed by atoms with Crippen LogP contribution in [0.2, 0.25) is 0 Å². The van der Waals surface area contributed by atoms with Crippen LogP contribution in [0.1, 0.15) is 22.5 Å². The summed E-state index contributed by atoms with van der Waals surface area (Å²) in [7, 11) is 1.72. The van der Waals surface area contributed by atoms with Crippen LogP contribution in [-0.2, 0) is 13.1 Å². The molecule has 0 amide bonds. The normalized spacial score (nSPS) is 11.1. The number of benzene rings is 2. The Morgan fingerprint density at radius 2 is 1.86 bits per heavy atom. The van der Waals surface area contributed by atoms with Gasteiger partial charge in [-0.15, -0.1) is 24.0 Å². The first kappa shape index (κ1) is 21.9. The molecule has 28 heavy (non-hydrogen) atoms. The minimum absolute atomic E-state index is 0. The molecule has 2 N–H and O–H groups in total. The van der Waals surface area contributed by atoms with Gasteiger partial charge in [0.25, 0.3) is 0 Å². The van der Waals surface area contributed by atoms with E-state index in [0.717, 1.165) is 11.4 Å². The maximum Gasteiger partial charge on any atom is 0.191 e. The van der Waals surface area contributed by atoms with Crippen LogP contribution in [0.25, 0.3) is 5.69 Å². The number of aliphatic imine (C=N–C) groups is 1. The minimum Gasteiger partial charge on any atom is -0.352 e. The van der Waals surface area contributed by atoms with E-state index in [-0.39, 0.29) is 29.8 Å². The zero-order chi connectivity index (χ0) is 19.2. The lowest BCUT2D eigenvalue weighted by Gasteiger charge is -2.14. The summed E-state index contributed by atoms with van der Waals surface area (Å²) in [6.07, 6.45) is 3.41. The van der Waals surface area contributed by atoms with Crippen LogP contribution in [0, 0.1) is 19.7 Å². The Kier molecular flexibility index (Phi) is 7.98. The maximum absolute atomic E-state index is 14.5. The summed E-state index contributed by atoms with van der Waals surface area (Å²) in [5.74, 6) is 1.15. The van der Waals surface area contributed by atoms with Crippen molar-refractivity contribution in [2.75, 3.05) is 7.05 Å². The van der Waals surface area contributed by atoms with Crippen molar-refractivity contribution in [3.8, 4) is 5.69 Å². The van der Waals surface area contributed by atoms with Gasteiger partial charge in [-0.3, -0.25) is 4.99 Å². The Hall–Kier alpha value is -2.42. The average molecular weight is 493 g/mol. The van der Waals surface area contributed by atoms with Crippen LogP contribution in [0.15, 0.2) is 59.9 Å². The largest absolute Gasteiger partial charge is 0.352 e. The first-order valence-corrected chi connectivity index (χ1v) is 8.86. The molecule has 0 fully saturated rings. The molecule has 0 atom stereocenters. The Balaban J connectivity index is 0.00000280. The zero-order valence-electron chi connectivity index (χ0n) is 16.2. The fourth-order valence-electron chi connectivity index (χ4n) is 2.88. The summed E-state index contributed by atoms with van der Waals surface area (Å²) in [4.78, 5) is 8.37. The Bertz CT molecular complexity index is 951. The van der Waals surface area contributed by atoms with Gasteiger partial charge in [0.15, 0.2) is 5.96 Å². The van der Waals surface area contributed by atoms with Gasteiger partial charge in [-0.1, -0.05) is 30.3 Å². The van der Waals surface area contributed by atoms with Crippen molar-refractivity contribution in [1.29, 1.82) is 0 Å². The minimum atomic E-state index is -0.279.